The highest BCUT2D eigenvalue weighted by molar-refractivity contribution is 6.05. The van der Waals surface area contributed by atoms with Crippen LogP contribution in [0, 0.1) is 22.0 Å². The minimum Gasteiger partial charge on any atom is -0.349 e. The summed E-state index contributed by atoms with van der Waals surface area (Å²) in [5.41, 5.74) is 0.961. The van der Waals surface area contributed by atoms with Gasteiger partial charge in [0.25, 0.3) is 11.6 Å². The lowest BCUT2D eigenvalue weighted by atomic mass is 9.84. The fourth-order valence-corrected chi connectivity index (χ4v) is 5.10. The maximum atomic E-state index is 13.6. The molecule has 1 aromatic rings. The Balaban J connectivity index is 1.77. The van der Waals surface area contributed by atoms with Crippen LogP contribution < -0.4 is 4.90 Å². The van der Waals surface area contributed by atoms with Crippen LogP contribution in [0.2, 0.25) is 0 Å². The molecular formula is C23H32N4O4. The predicted octanol–water partition coefficient (Wildman–Crippen LogP) is 3.65. The zero-order valence-electron chi connectivity index (χ0n) is 18.6. The van der Waals surface area contributed by atoms with Crippen LogP contribution in [-0.4, -0.2) is 58.4 Å². The molecule has 2 fully saturated rings. The second kappa shape index (κ2) is 8.48. The number of carbonyl (C=O) groups excluding carboxylic acids is 2. The molecule has 1 saturated heterocycles. The van der Waals surface area contributed by atoms with Gasteiger partial charge in [-0.15, -0.1) is 0 Å². The van der Waals surface area contributed by atoms with Gasteiger partial charge in [0.2, 0.25) is 5.91 Å². The lowest BCUT2D eigenvalue weighted by Gasteiger charge is -2.54. The molecule has 0 N–H and O–H groups in total. The molecule has 2 heterocycles. The lowest BCUT2D eigenvalue weighted by Crippen LogP contribution is -2.70. The third-order valence-electron chi connectivity index (χ3n) is 6.79. The summed E-state index contributed by atoms with van der Waals surface area (Å²) in [4.78, 5) is 43.8. The van der Waals surface area contributed by atoms with Crippen LogP contribution in [0.3, 0.4) is 0 Å². The molecular weight excluding hydrogens is 396 g/mol. The van der Waals surface area contributed by atoms with Crippen LogP contribution in [0.25, 0.3) is 0 Å². The highest BCUT2D eigenvalue weighted by atomic mass is 16.6. The smallest absolute Gasteiger partial charge is 0.270 e. The Kier molecular flexibility index (Phi) is 5.90. The standard InChI is InChI=1S/C23H32N4O4/c1-4-6-20-23(29)24(13-16-7-5-8-16)14-21-25(12-15(2)3)19-10-9-17(27(30)31)11-18(19)22(28)26(20)21/h9-11,15-16,20-21H,4-8,12-14H2,1-3H3/t20-,21+/m0/s1. The molecule has 2 atom stereocenters. The van der Waals surface area contributed by atoms with Crippen molar-refractivity contribution in [1.29, 1.82) is 0 Å². The van der Waals surface area contributed by atoms with Crippen molar-refractivity contribution in [3.05, 3.63) is 33.9 Å². The van der Waals surface area contributed by atoms with Crippen LogP contribution in [0.5, 0.6) is 0 Å². The Morgan fingerprint density at radius 3 is 2.55 bits per heavy atom. The van der Waals surface area contributed by atoms with Gasteiger partial charge in [-0.05, 0) is 37.2 Å². The number of nitro benzene ring substituents is 1. The topological polar surface area (TPSA) is 87.0 Å². The molecule has 2 amide bonds. The summed E-state index contributed by atoms with van der Waals surface area (Å²) in [5.74, 6) is 0.654. The Morgan fingerprint density at radius 2 is 1.97 bits per heavy atom. The number of nitrogens with zero attached hydrogens (tertiary/aromatic N) is 4. The molecule has 1 aromatic carbocycles. The van der Waals surface area contributed by atoms with Gasteiger partial charge in [0.05, 0.1) is 22.7 Å². The van der Waals surface area contributed by atoms with E-state index >= 15 is 0 Å². The van der Waals surface area contributed by atoms with Gasteiger partial charge in [-0.1, -0.05) is 33.6 Å². The molecule has 4 rings (SSSR count). The molecule has 1 aliphatic carbocycles. The van der Waals surface area contributed by atoms with Crippen LogP contribution >= 0.6 is 0 Å². The van der Waals surface area contributed by atoms with E-state index in [-0.39, 0.29) is 23.7 Å². The maximum absolute atomic E-state index is 13.6. The van der Waals surface area contributed by atoms with Gasteiger partial charge >= 0.3 is 0 Å². The van der Waals surface area contributed by atoms with Crippen LogP contribution in [0.1, 0.15) is 63.2 Å². The van der Waals surface area contributed by atoms with Gasteiger partial charge in [-0.2, -0.15) is 0 Å². The number of amides is 2. The molecule has 1 saturated carbocycles. The van der Waals surface area contributed by atoms with Crippen molar-refractivity contribution >= 4 is 23.2 Å². The van der Waals surface area contributed by atoms with Crippen molar-refractivity contribution in [2.24, 2.45) is 11.8 Å². The molecule has 8 nitrogen and oxygen atoms in total. The summed E-state index contributed by atoms with van der Waals surface area (Å²) < 4.78 is 0. The summed E-state index contributed by atoms with van der Waals surface area (Å²) in [7, 11) is 0. The third kappa shape index (κ3) is 3.88. The van der Waals surface area contributed by atoms with Gasteiger partial charge in [0, 0.05) is 25.2 Å². The SMILES string of the molecule is CCC[C@H]1C(=O)N(CC2CCC2)C[C@@H]2N(CC(C)C)c3ccc([N+](=O)[O-])cc3C(=O)N21. The fraction of sp³-hybridized carbons (Fsp3) is 0.652. The van der Waals surface area contributed by atoms with Gasteiger partial charge in [-0.3, -0.25) is 19.7 Å². The molecule has 0 spiro atoms. The van der Waals surface area contributed by atoms with Crippen LogP contribution in [0.15, 0.2) is 18.2 Å². The number of nitro groups is 1. The first-order chi connectivity index (χ1) is 14.8. The average Bonchev–Trinajstić information content (AvgIpc) is 2.69. The van der Waals surface area contributed by atoms with E-state index in [2.05, 4.69) is 18.7 Å². The Hall–Kier alpha value is -2.64. The van der Waals surface area contributed by atoms with Crippen molar-refractivity contribution in [2.45, 2.75) is 65.1 Å². The van der Waals surface area contributed by atoms with E-state index in [4.69, 9.17) is 0 Å². The largest absolute Gasteiger partial charge is 0.349 e. The average molecular weight is 429 g/mol. The number of fused-ring (bicyclic) bond motifs is 2. The summed E-state index contributed by atoms with van der Waals surface area (Å²) >= 11 is 0. The second-order valence-electron chi connectivity index (χ2n) is 9.54. The molecule has 8 heteroatoms. The summed E-state index contributed by atoms with van der Waals surface area (Å²) in [6, 6.07) is 4.03. The fourth-order valence-electron chi connectivity index (χ4n) is 5.10. The van der Waals surface area contributed by atoms with E-state index in [1.165, 1.54) is 18.6 Å². The normalized spacial score (nSPS) is 23.7. The zero-order valence-corrected chi connectivity index (χ0v) is 18.6. The molecule has 31 heavy (non-hydrogen) atoms. The van der Waals surface area contributed by atoms with Crippen molar-refractivity contribution < 1.29 is 14.5 Å². The molecule has 0 aromatic heterocycles. The van der Waals surface area contributed by atoms with Crippen molar-refractivity contribution in [1.82, 2.24) is 9.80 Å². The number of hydrogen-bond acceptors (Lipinski definition) is 5. The van der Waals surface area contributed by atoms with Crippen LogP contribution in [0.4, 0.5) is 11.4 Å². The van der Waals surface area contributed by atoms with Gasteiger partial charge < -0.3 is 14.7 Å². The first-order valence-electron chi connectivity index (χ1n) is 11.5. The molecule has 2 aliphatic heterocycles. The van der Waals surface area contributed by atoms with E-state index in [0.29, 0.717) is 36.9 Å². The summed E-state index contributed by atoms with van der Waals surface area (Å²) in [6.07, 6.45) is 4.71. The zero-order chi connectivity index (χ0) is 22.3. The molecule has 0 unspecified atom stereocenters. The summed E-state index contributed by atoms with van der Waals surface area (Å²) in [6.45, 7) is 8.23. The van der Waals surface area contributed by atoms with E-state index in [1.54, 1.807) is 11.0 Å². The number of piperazine rings is 1. The van der Waals surface area contributed by atoms with Gasteiger partial charge in [-0.25, -0.2) is 0 Å². The molecule has 0 bridgehead atoms. The highest BCUT2D eigenvalue weighted by Gasteiger charge is 2.49. The van der Waals surface area contributed by atoms with Crippen LogP contribution in [-0.2, 0) is 4.79 Å². The minimum absolute atomic E-state index is 0.0247. The maximum Gasteiger partial charge on any atom is 0.270 e. The second-order valence-corrected chi connectivity index (χ2v) is 9.54. The predicted molar refractivity (Wildman–Crippen MR) is 118 cm³/mol. The molecule has 0 radical (unpaired) electrons. The van der Waals surface area contributed by atoms with Gasteiger partial charge in [0.15, 0.2) is 0 Å². The molecule has 168 valence electrons. The Labute approximate surface area is 183 Å². The number of hydrogen-bond donors (Lipinski definition) is 0. The van der Waals surface area contributed by atoms with Crippen molar-refractivity contribution in [2.75, 3.05) is 24.5 Å². The first kappa shape index (κ1) is 21.6. The number of carbonyl (C=O) groups is 2. The van der Waals surface area contributed by atoms with Crippen molar-refractivity contribution in [3.8, 4) is 0 Å². The molecule has 3 aliphatic rings. The van der Waals surface area contributed by atoms with Gasteiger partial charge in [0.1, 0.15) is 12.2 Å². The van der Waals surface area contributed by atoms with E-state index in [0.717, 1.165) is 31.5 Å². The van der Waals surface area contributed by atoms with E-state index in [1.807, 2.05) is 11.8 Å². The number of benzene rings is 1. The number of non-ortho nitro benzene ring substituents is 1. The summed E-state index contributed by atoms with van der Waals surface area (Å²) in [5, 5.41) is 11.3. The first-order valence-corrected chi connectivity index (χ1v) is 11.5. The highest BCUT2D eigenvalue weighted by Crippen LogP contribution is 2.39. The van der Waals surface area contributed by atoms with E-state index in [9.17, 15) is 19.7 Å². The quantitative estimate of drug-likeness (QED) is 0.489. The third-order valence-corrected chi connectivity index (χ3v) is 6.79. The Morgan fingerprint density at radius 1 is 1.23 bits per heavy atom. The van der Waals surface area contributed by atoms with Crippen molar-refractivity contribution in [3.63, 3.8) is 0 Å². The number of rotatable bonds is 7. The minimum atomic E-state index is -0.515. The number of anilines is 1. The monoisotopic (exact) mass is 428 g/mol. The van der Waals surface area contributed by atoms with E-state index < -0.39 is 11.0 Å². The Bertz CT molecular complexity index is 882. The lowest BCUT2D eigenvalue weighted by molar-refractivity contribution is -0.384.